The predicted molar refractivity (Wildman–Crippen MR) is 61.3 cm³/mol. The fraction of sp³-hybridized carbons (Fsp3) is 0.538. The maximum absolute atomic E-state index is 12.9. The van der Waals surface area contributed by atoms with E-state index in [1.807, 2.05) is 12.1 Å². The van der Waals surface area contributed by atoms with Crippen LogP contribution in [0, 0.1) is 5.82 Å². The molecule has 2 fully saturated rings. The first kappa shape index (κ1) is 11.1. The Morgan fingerprint density at radius 2 is 1.88 bits per heavy atom. The minimum absolute atomic E-state index is 0.138. The molecule has 0 saturated carbocycles. The summed E-state index contributed by atoms with van der Waals surface area (Å²) in [5.74, 6) is -0.567. The topological polar surface area (TPSA) is 30.5 Å². The van der Waals surface area contributed by atoms with Gasteiger partial charge in [-0.15, -0.1) is 0 Å². The number of hydrogen-bond acceptors (Lipinski definition) is 3. The summed E-state index contributed by atoms with van der Waals surface area (Å²) in [5.41, 5.74) is 1.07. The lowest BCUT2D eigenvalue weighted by Crippen LogP contribution is -2.49. The number of piperidine rings is 1. The van der Waals surface area contributed by atoms with Crippen molar-refractivity contribution in [1.29, 1.82) is 0 Å². The van der Waals surface area contributed by atoms with Crippen LogP contribution < -0.4 is 5.32 Å². The van der Waals surface area contributed by atoms with Gasteiger partial charge in [0.15, 0.2) is 5.79 Å². The largest absolute Gasteiger partial charge is 0.347 e. The van der Waals surface area contributed by atoms with Crippen LogP contribution in [0.3, 0.4) is 0 Å². The zero-order valence-electron chi connectivity index (χ0n) is 9.62. The quantitative estimate of drug-likeness (QED) is 0.805. The molecule has 2 saturated heterocycles. The van der Waals surface area contributed by atoms with Gasteiger partial charge in [-0.3, -0.25) is 0 Å². The van der Waals surface area contributed by atoms with E-state index in [-0.39, 0.29) is 11.7 Å². The van der Waals surface area contributed by atoms with Crippen molar-refractivity contribution in [3.8, 4) is 0 Å². The highest BCUT2D eigenvalue weighted by atomic mass is 19.1. The number of nitrogens with one attached hydrogen (secondary N) is 1. The first-order chi connectivity index (χ1) is 8.30. The molecule has 3 nitrogen and oxygen atoms in total. The van der Waals surface area contributed by atoms with Gasteiger partial charge in [0.25, 0.3) is 0 Å². The van der Waals surface area contributed by atoms with Crippen LogP contribution in [0.15, 0.2) is 24.3 Å². The average molecular weight is 237 g/mol. The van der Waals surface area contributed by atoms with Crippen molar-refractivity contribution in [1.82, 2.24) is 5.32 Å². The lowest BCUT2D eigenvalue weighted by Gasteiger charge is -2.40. The molecule has 2 heterocycles. The molecule has 0 bridgehead atoms. The van der Waals surface area contributed by atoms with E-state index in [4.69, 9.17) is 9.47 Å². The Balaban J connectivity index is 1.91. The summed E-state index contributed by atoms with van der Waals surface area (Å²) in [7, 11) is 0. The summed E-state index contributed by atoms with van der Waals surface area (Å²) in [5, 5.41) is 3.35. The van der Waals surface area contributed by atoms with Gasteiger partial charge in [0.1, 0.15) is 5.82 Å². The zero-order valence-corrected chi connectivity index (χ0v) is 9.62. The van der Waals surface area contributed by atoms with Gasteiger partial charge >= 0.3 is 0 Å². The third-order valence-corrected chi connectivity index (χ3v) is 3.58. The Morgan fingerprint density at radius 1 is 1.18 bits per heavy atom. The molecule has 92 valence electrons. The Morgan fingerprint density at radius 3 is 2.59 bits per heavy atom. The second-order valence-corrected chi connectivity index (χ2v) is 4.57. The van der Waals surface area contributed by atoms with Crippen molar-refractivity contribution >= 4 is 0 Å². The third-order valence-electron chi connectivity index (χ3n) is 3.58. The minimum Gasteiger partial charge on any atom is -0.347 e. The van der Waals surface area contributed by atoms with E-state index < -0.39 is 5.79 Å². The summed E-state index contributed by atoms with van der Waals surface area (Å²) in [6, 6.07) is 6.62. The number of rotatable bonds is 1. The van der Waals surface area contributed by atoms with Crippen molar-refractivity contribution in [2.45, 2.75) is 18.1 Å². The molecule has 1 aromatic carbocycles. The maximum Gasteiger partial charge on any atom is 0.177 e. The van der Waals surface area contributed by atoms with Crippen LogP contribution in [0.2, 0.25) is 0 Å². The first-order valence-corrected chi connectivity index (χ1v) is 6.04. The summed E-state index contributed by atoms with van der Waals surface area (Å²) < 4.78 is 24.6. The Labute approximate surface area is 99.9 Å². The second kappa shape index (κ2) is 4.37. The Kier molecular flexibility index (Phi) is 2.86. The average Bonchev–Trinajstić information content (AvgIpc) is 2.80. The van der Waals surface area contributed by atoms with Crippen LogP contribution >= 0.6 is 0 Å². The Hall–Kier alpha value is -0.970. The second-order valence-electron chi connectivity index (χ2n) is 4.57. The third kappa shape index (κ3) is 1.97. The summed E-state index contributed by atoms with van der Waals surface area (Å²) in [4.78, 5) is 0. The van der Waals surface area contributed by atoms with Crippen LogP contribution in [-0.4, -0.2) is 32.1 Å². The van der Waals surface area contributed by atoms with E-state index in [1.165, 1.54) is 12.1 Å². The molecule has 0 aromatic heterocycles. The smallest absolute Gasteiger partial charge is 0.177 e. The molecule has 1 spiro atoms. The highest BCUT2D eigenvalue weighted by Gasteiger charge is 2.46. The molecule has 4 heteroatoms. The molecule has 3 rings (SSSR count). The number of hydrogen-bond donors (Lipinski definition) is 1. The van der Waals surface area contributed by atoms with Crippen LogP contribution in [0.4, 0.5) is 4.39 Å². The molecule has 2 aliphatic heterocycles. The van der Waals surface area contributed by atoms with Crippen molar-refractivity contribution in [3.05, 3.63) is 35.6 Å². The SMILES string of the molecule is Fc1ccc(C2CNCCC23OCCO3)cc1. The molecule has 0 radical (unpaired) electrons. The lowest BCUT2D eigenvalue weighted by atomic mass is 9.85. The van der Waals surface area contributed by atoms with E-state index >= 15 is 0 Å². The molecule has 17 heavy (non-hydrogen) atoms. The van der Waals surface area contributed by atoms with E-state index in [0.29, 0.717) is 13.2 Å². The van der Waals surface area contributed by atoms with Gasteiger partial charge in [-0.25, -0.2) is 4.39 Å². The monoisotopic (exact) mass is 237 g/mol. The van der Waals surface area contributed by atoms with Gasteiger partial charge in [-0.2, -0.15) is 0 Å². The standard InChI is InChI=1S/C13H16FNO2/c14-11-3-1-10(2-4-11)12-9-15-6-5-13(12)16-7-8-17-13/h1-4,12,15H,5-9H2. The molecular formula is C13H16FNO2. The zero-order chi connectivity index (χ0) is 11.7. The van der Waals surface area contributed by atoms with Gasteiger partial charge in [0, 0.05) is 19.5 Å². The highest BCUT2D eigenvalue weighted by molar-refractivity contribution is 5.24. The van der Waals surface area contributed by atoms with E-state index in [1.54, 1.807) is 0 Å². The maximum atomic E-state index is 12.9. The number of benzene rings is 1. The fourth-order valence-corrected chi connectivity index (χ4v) is 2.72. The van der Waals surface area contributed by atoms with Crippen molar-refractivity contribution in [2.75, 3.05) is 26.3 Å². The van der Waals surface area contributed by atoms with Gasteiger partial charge in [0.2, 0.25) is 0 Å². The van der Waals surface area contributed by atoms with E-state index in [9.17, 15) is 4.39 Å². The molecule has 1 atom stereocenters. The molecule has 0 aliphatic carbocycles. The normalized spacial score (nSPS) is 27.5. The lowest BCUT2D eigenvalue weighted by molar-refractivity contribution is -0.186. The van der Waals surface area contributed by atoms with Crippen LogP contribution in [0.5, 0.6) is 0 Å². The highest BCUT2D eigenvalue weighted by Crippen LogP contribution is 2.39. The summed E-state index contributed by atoms with van der Waals surface area (Å²) in [6.07, 6.45) is 0.842. The van der Waals surface area contributed by atoms with Gasteiger partial charge in [-0.05, 0) is 17.7 Å². The number of halogens is 1. The van der Waals surface area contributed by atoms with Crippen molar-refractivity contribution < 1.29 is 13.9 Å². The predicted octanol–water partition coefficient (Wildman–Crippen LogP) is 1.65. The van der Waals surface area contributed by atoms with E-state index in [0.717, 1.165) is 25.1 Å². The molecule has 1 unspecified atom stereocenters. The van der Waals surface area contributed by atoms with Crippen molar-refractivity contribution in [3.63, 3.8) is 0 Å². The first-order valence-electron chi connectivity index (χ1n) is 6.04. The Bertz CT molecular complexity index is 387. The molecule has 2 aliphatic rings. The summed E-state index contributed by atoms with van der Waals surface area (Å²) >= 11 is 0. The molecule has 1 aromatic rings. The molecule has 0 amide bonds. The van der Waals surface area contributed by atoms with Crippen LogP contribution in [0.1, 0.15) is 17.9 Å². The molecular weight excluding hydrogens is 221 g/mol. The number of ether oxygens (including phenoxy) is 2. The summed E-state index contributed by atoms with van der Waals surface area (Å²) in [6.45, 7) is 3.01. The van der Waals surface area contributed by atoms with Crippen molar-refractivity contribution in [2.24, 2.45) is 0 Å². The van der Waals surface area contributed by atoms with Gasteiger partial charge in [-0.1, -0.05) is 12.1 Å². The van der Waals surface area contributed by atoms with Crippen LogP contribution in [-0.2, 0) is 9.47 Å². The molecule has 1 N–H and O–H groups in total. The minimum atomic E-state index is -0.497. The van der Waals surface area contributed by atoms with Gasteiger partial charge in [0.05, 0.1) is 19.1 Å². The van der Waals surface area contributed by atoms with Gasteiger partial charge < -0.3 is 14.8 Å². The van der Waals surface area contributed by atoms with E-state index in [2.05, 4.69) is 5.32 Å². The fourth-order valence-electron chi connectivity index (χ4n) is 2.72. The van der Waals surface area contributed by atoms with Crippen LogP contribution in [0.25, 0.3) is 0 Å².